The van der Waals surface area contributed by atoms with Gasteiger partial charge in [0.15, 0.2) is 0 Å². The van der Waals surface area contributed by atoms with Crippen LogP contribution in [0, 0.1) is 6.92 Å². The second-order valence-corrected chi connectivity index (χ2v) is 5.68. The van der Waals surface area contributed by atoms with Crippen molar-refractivity contribution in [1.82, 2.24) is 5.32 Å². The molecule has 7 heteroatoms. The van der Waals surface area contributed by atoms with Crippen molar-refractivity contribution < 1.29 is 23.0 Å². The first kappa shape index (κ1) is 19.5. The van der Waals surface area contributed by atoms with E-state index in [1.165, 1.54) is 13.2 Å². The van der Waals surface area contributed by atoms with E-state index in [1.807, 2.05) is 19.9 Å². The van der Waals surface area contributed by atoms with Crippen LogP contribution in [0.2, 0.25) is 0 Å². The van der Waals surface area contributed by atoms with E-state index in [0.717, 1.165) is 5.56 Å². The summed E-state index contributed by atoms with van der Waals surface area (Å²) in [6.07, 6.45) is 0.502. The Morgan fingerprint density at radius 1 is 1.15 bits per heavy atom. The molecule has 0 saturated carbocycles. The van der Waals surface area contributed by atoms with Crippen molar-refractivity contribution in [1.29, 1.82) is 0 Å². The number of halogens is 2. The summed E-state index contributed by atoms with van der Waals surface area (Å²) < 4.78 is 35.0. The molecule has 2 aromatic carbocycles. The lowest BCUT2D eigenvalue weighted by Crippen LogP contribution is -2.32. The highest BCUT2D eigenvalue weighted by Crippen LogP contribution is 2.29. The minimum Gasteiger partial charge on any atom is -0.495 e. The highest BCUT2D eigenvalue weighted by atomic mass is 19.3. The fourth-order valence-electron chi connectivity index (χ4n) is 2.59. The van der Waals surface area contributed by atoms with Gasteiger partial charge in [0, 0.05) is 5.56 Å². The largest absolute Gasteiger partial charge is 0.495 e. The molecule has 0 saturated heterocycles. The lowest BCUT2D eigenvalue weighted by atomic mass is 10.0. The van der Waals surface area contributed by atoms with E-state index >= 15 is 0 Å². The first-order valence-electron chi connectivity index (χ1n) is 8.20. The summed E-state index contributed by atoms with van der Waals surface area (Å²) >= 11 is 0. The molecule has 0 radical (unpaired) electrons. The summed E-state index contributed by atoms with van der Waals surface area (Å²) in [5, 5.41) is 5.50. The van der Waals surface area contributed by atoms with Crippen LogP contribution in [-0.4, -0.2) is 19.8 Å². The van der Waals surface area contributed by atoms with Crippen molar-refractivity contribution in [2.75, 3.05) is 12.4 Å². The molecule has 2 N–H and O–H groups in total. The topological polar surface area (TPSA) is 59.6 Å². The molecule has 0 aliphatic rings. The van der Waals surface area contributed by atoms with Crippen molar-refractivity contribution in [3.63, 3.8) is 0 Å². The van der Waals surface area contributed by atoms with Crippen molar-refractivity contribution in [2.45, 2.75) is 32.9 Å². The van der Waals surface area contributed by atoms with Crippen LogP contribution in [-0.2, 0) is 0 Å². The maximum Gasteiger partial charge on any atom is 0.387 e. The molecule has 2 rings (SSSR count). The second kappa shape index (κ2) is 9.03. The number of ether oxygens (including phenoxy) is 2. The van der Waals surface area contributed by atoms with E-state index in [1.54, 1.807) is 30.3 Å². The monoisotopic (exact) mass is 364 g/mol. The Bertz CT molecular complexity index is 753. The number of benzene rings is 2. The number of hydrogen-bond acceptors (Lipinski definition) is 3. The van der Waals surface area contributed by atoms with Gasteiger partial charge in [0.05, 0.1) is 18.8 Å². The third-order valence-electron chi connectivity index (χ3n) is 3.83. The second-order valence-electron chi connectivity index (χ2n) is 5.68. The average Bonchev–Trinajstić information content (AvgIpc) is 2.61. The van der Waals surface area contributed by atoms with Gasteiger partial charge < -0.3 is 20.1 Å². The molecule has 1 atom stereocenters. The lowest BCUT2D eigenvalue weighted by molar-refractivity contribution is -0.0506. The predicted octanol–water partition coefficient (Wildman–Crippen LogP) is 4.88. The van der Waals surface area contributed by atoms with Crippen LogP contribution >= 0.6 is 0 Å². The Kier molecular flexibility index (Phi) is 6.77. The summed E-state index contributed by atoms with van der Waals surface area (Å²) in [4.78, 5) is 12.4. The molecule has 140 valence electrons. The van der Waals surface area contributed by atoms with Crippen LogP contribution in [0.1, 0.15) is 30.5 Å². The lowest BCUT2D eigenvalue weighted by Gasteiger charge is -2.21. The number of alkyl halides is 2. The number of hydrogen-bond donors (Lipinski definition) is 2. The van der Waals surface area contributed by atoms with Crippen molar-refractivity contribution >= 4 is 11.7 Å². The van der Waals surface area contributed by atoms with E-state index in [2.05, 4.69) is 15.4 Å². The van der Waals surface area contributed by atoms with Crippen LogP contribution in [0.5, 0.6) is 11.5 Å². The number of urea groups is 1. The van der Waals surface area contributed by atoms with Crippen LogP contribution in [0.3, 0.4) is 0 Å². The highest BCUT2D eigenvalue weighted by Gasteiger charge is 2.19. The van der Waals surface area contributed by atoms with E-state index in [-0.39, 0.29) is 5.75 Å². The number of methoxy groups -OCH3 is 1. The van der Waals surface area contributed by atoms with Gasteiger partial charge in [-0.15, -0.1) is 0 Å². The van der Waals surface area contributed by atoms with E-state index in [9.17, 15) is 13.6 Å². The maximum absolute atomic E-state index is 12.6. The summed E-state index contributed by atoms with van der Waals surface area (Å²) in [5.41, 5.74) is 2.00. The van der Waals surface area contributed by atoms with Crippen LogP contribution in [0.15, 0.2) is 42.5 Å². The zero-order valence-electron chi connectivity index (χ0n) is 14.9. The molecule has 2 aromatic rings. The van der Waals surface area contributed by atoms with Gasteiger partial charge in [-0.25, -0.2) is 4.79 Å². The summed E-state index contributed by atoms with van der Waals surface area (Å²) in [6, 6.07) is 10.9. The number of rotatable bonds is 7. The number of anilines is 1. The van der Waals surface area contributed by atoms with Crippen LogP contribution in [0.4, 0.5) is 19.3 Å². The summed E-state index contributed by atoms with van der Waals surface area (Å²) in [6.45, 7) is 0.829. The molecule has 0 fully saturated rings. The molecule has 0 bridgehead atoms. The normalized spacial score (nSPS) is 11.8. The van der Waals surface area contributed by atoms with Gasteiger partial charge in [-0.1, -0.05) is 31.2 Å². The van der Waals surface area contributed by atoms with Gasteiger partial charge in [0.1, 0.15) is 11.5 Å². The Labute approximate surface area is 151 Å². The third-order valence-corrected chi connectivity index (χ3v) is 3.83. The molecule has 0 spiro atoms. The molecular formula is C19H22F2N2O3. The minimum atomic E-state index is -2.93. The van der Waals surface area contributed by atoms with Crippen molar-refractivity contribution in [3.05, 3.63) is 53.6 Å². The number of carbonyl (C=O) groups excluding carboxylic acids is 1. The fraction of sp³-hybridized carbons (Fsp3) is 0.316. The average molecular weight is 364 g/mol. The highest BCUT2D eigenvalue weighted by molar-refractivity contribution is 5.91. The van der Waals surface area contributed by atoms with Crippen LogP contribution in [0.25, 0.3) is 0 Å². The fourth-order valence-corrected chi connectivity index (χ4v) is 2.59. The zero-order valence-corrected chi connectivity index (χ0v) is 14.9. The molecule has 0 aliphatic heterocycles. The van der Waals surface area contributed by atoms with Gasteiger partial charge in [-0.3, -0.25) is 0 Å². The SMILES string of the molecule is CCC(NC(=O)Nc1ccc(C)cc1OC)c1ccccc1OC(F)F. The smallest absolute Gasteiger partial charge is 0.387 e. The molecule has 1 unspecified atom stereocenters. The van der Waals surface area contributed by atoms with Crippen molar-refractivity contribution in [2.24, 2.45) is 0 Å². The summed E-state index contributed by atoms with van der Waals surface area (Å²) in [7, 11) is 1.52. The number of para-hydroxylation sites is 1. The Morgan fingerprint density at radius 3 is 2.54 bits per heavy atom. The van der Waals surface area contributed by atoms with Crippen LogP contribution < -0.4 is 20.1 Å². The first-order chi connectivity index (χ1) is 12.4. The number of amides is 2. The minimum absolute atomic E-state index is 0.0440. The third kappa shape index (κ3) is 5.08. The molecule has 2 amide bonds. The number of nitrogens with one attached hydrogen (secondary N) is 2. The Hall–Kier alpha value is -2.83. The van der Waals surface area contributed by atoms with Gasteiger partial charge in [0.2, 0.25) is 0 Å². The Morgan fingerprint density at radius 2 is 1.88 bits per heavy atom. The van der Waals surface area contributed by atoms with E-state index in [0.29, 0.717) is 23.4 Å². The standard InChI is InChI=1S/C19H22F2N2O3/c1-4-14(13-7-5-6-8-16(13)26-18(20)21)22-19(24)23-15-10-9-12(2)11-17(15)25-3/h5-11,14,18H,4H2,1-3H3,(H2,22,23,24). The van der Waals surface area contributed by atoms with E-state index < -0.39 is 18.7 Å². The number of carbonyl (C=O) groups is 1. The number of aryl methyl sites for hydroxylation is 1. The maximum atomic E-state index is 12.6. The predicted molar refractivity (Wildman–Crippen MR) is 96.0 cm³/mol. The molecule has 0 heterocycles. The molecule has 0 aromatic heterocycles. The molecule has 5 nitrogen and oxygen atoms in total. The Balaban J connectivity index is 2.14. The molecule has 0 aliphatic carbocycles. The molecule has 26 heavy (non-hydrogen) atoms. The first-order valence-corrected chi connectivity index (χ1v) is 8.20. The van der Waals surface area contributed by atoms with E-state index in [4.69, 9.17) is 4.74 Å². The van der Waals surface area contributed by atoms with Crippen molar-refractivity contribution in [3.8, 4) is 11.5 Å². The quantitative estimate of drug-likeness (QED) is 0.736. The van der Waals surface area contributed by atoms with Gasteiger partial charge in [-0.05, 0) is 37.1 Å². The van der Waals surface area contributed by atoms with Gasteiger partial charge in [0.25, 0.3) is 0 Å². The zero-order chi connectivity index (χ0) is 19.1. The molecular weight excluding hydrogens is 342 g/mol. The summed E-state index contributed by atoms with van der Waals surface area (Å²) in [5.74, 6) is 0.581. The van der Waals surface area contributed by atoms with Gasteiger partial charge >= 0.3 is 12.6 Å². The van der Waals surface area contributed by atoms with Gasteiger partial charge in [-0.2, -0.15) is 8.78 Å².